The van der Waals surface area contributed by atoms with Crippen molar-refractivity contribution in [1.29, 1.82) is 5.26 Å². The van der Waals surface area contributed by atoms with Gasteiger partial charge in [-0.1, -0.05) is 29.8 Å². The number of anilines is 2. The number of alkyl halides is 2. The van der Waals surface area contributed by atoms with E-state index in [2.05, 4.69) is 20.6 Å². The Morgan fingerprint density at radius 1 is 1.17 bits per heavy atom. The van der Waals surface area contributed by atoms with Gasteiger partial charge in [0.05, 0.1) is 35.6 Å². The largest absolute Gasteiger partial charge is 0.352 e. The number of carbonyl (C=O) groups is 3. The zero-order chi connectivity index (χ0) is 29.4. The quantitative estimate of drug-likeness (QED) is 0.426. The molecule has 0 radical (unpaired) electrons. The second-order valence-electron chi connectivity index (χ2n) is 9.94. The van der Waals surface area contributed by atoms with Crippen molar-refractivity contribution in [3.05, 3.63) is 83.0 Å². The van der Waals surface area contributed by atoms with E-state index in [1.165, 1.54) is 36.7 Å². The van der Waals surface area contributed by atoms with Crippen LogP contribution in [-0.4, -0.2) is 45.2 Å². The summed E-state index contributed by atoms with van der Waals surface area (Å²) >= 11 is 6.54. The summed E-state index contributed by atoms with van der Waals surface area (Å²) in [6.07, 6.45) is 1.80. The number of nitrogens with one attached hydrogen (secondary N) is 2. The van der Waals surface area contributed by atoms with Crippen LogP contribution in [0.1, 0.15) is 42.7 Å². The maximum absolute atomic E-state index is 14.3. The van der Waals surface area contributed by atoms with E-state index < -0.39 is 59.8 Å². The molecule has 41 heavy (non-hydrogen) atoms. The molecule has 1 aliphatic heterocycles. The van der Waals surface area contributed by atoms with Crippen molar-refractivity contribution in [3.63, 3.8) is 0 Å². The first kappa shape index (κ1) is 28.0. The lowest BCUT2D eigenvalue weighted by molar-refractivity contribution is -0.136. The minimum atomic E-state index is -2.94. The predicted molar refractivity (Wildman–Crippen MR) is 142 cm³/mol. The minimum Gasteiger partial charge on any atom is -0.352 e. The Hall–Kier alpha value is -4.50. The van der Waals surface area contributed by atoms with Crippen molar-refractivity contribution in [3.8, 4) is 6.07 Å². The number of hydrogen-bond donors (Lipinski definition) is 2. The van der Waals surface area contributed by atoms with Crippen LogP contribution in [0.25, 0.3) is 0 Å². The van der Waals surface area contributed by atoms with Gasteiger partial charge in [-0.3, -0.25) is 24.3 Å². The molecule has 1 unspecified atom stereocenters. The molecule has 3 amide bonds. The fourth-order valence-corrected chi connectivity index (χ4v) is 5.64. The number of rotatable bonds is 7. The summed E-state index contributed by atoms with van der Waals surface area (Å²) in [5.41, 5.74) is -1.83. The van der Waals surface area contributed by atoms with E-state index in [0.717, 1.165) is 17.2 Å². The zero-order valence-electron chi connectivity index (χ0n) is 21.3. The molecule has 1 aliphatic carbocycles. The number of nitrogens with zero attached hydrogens (tertiary/aromatic N) is 4. The van der Waals surface area contributed by atoms with Crippen molar-refractivity contribution < 1.29 is 27.6 Å². The molecule has 210 valence electrons. The fourth-order valence-electron chi connectivity index (χ4n) is 5.40. The van der Waals surface area contributed by atoms with Crippen LogP contribution in [0.5, 0.6) is 0 Å². The number of benzene rings is 1. The molecule has 1 saturated heterocycles. The monoisotopic (exact) mass is 582 g/mol. The molecule has 2 atom stereocenters. The Bertz CT molecular complexity index is 1570. The Kier molecular flexibility index (Phi) is 7.40. The summed E-state index contributed by atoms with van der Waals surface area (Å²) < 4.78 is 41.3. The molecule has 3 aromatic rings. The number of aromatic nitrogens is 2. The first-order chi connectivity index (χ1) is 19.5. The van der Waals surface area contributed by atoms with E-state index >= 15 is 0 Å². The molecule has 2 aromatic heterocycles. The number of halogens is 4. The highest BCUT2D eigenvalue weighted by atomic mass is 35.5. The van der Waals surface area contributed by atoms with Gasteiger partial charge in [0.15, 0.2) is 0 Å². The Morgan fingerprint density at radius 3 is 2.61 bits per heavy atom. The number of pyridine rings is 2. The Labute approximate surface area is 237 Å². The number of nitriles is 1. The molecule has 1 saturated carbocycles. The topological polar surface area (TPSA) is 128 Å². The van der Waals surface area contributed by atoms with Gasteiger partial charge in [0.1, 0.15) is 17.2 Å². The molecule has 9 nitrogen and oxygen atoms in total. The SMILES string of the molecule is N#Cc1ccnc(N2C(=O)CCC2(C(=O)Nc2cncc(F)c2)[C@@H](C(=O)NC2CC(F)(F)C2)c2ccccc2Cl)c1. The molecule has 5 rings (SSSR count). The predicted octanol–water partition coefficient (Wildman–Crippen LogP) is 4.34. The van der Waals surface area contributed by atoms with E-state index in [9.17, 15) is 32.8 Å². The summed E-state index contributed by atoms with van der Waals surface area (Å²) in [6, 6.07) is 11.0. The molecule has 3 heterocycles. The van der Waals surface area contributed by atoms with Crippen LogP contribution < -0.4 is 15.5 Å². The number of amides is 3. The standard InChI is InChI=1S/C28H22ClF3N6O3/c29-21-4-2-1-3-20(21)24(25(40)36-19-11-27(31,32)12-19)28(26(41)37-18-10-17(30)14-34-15-18)7-5-23(39)38(28)22-9-16(13-33)6-8-35-22/h1-4,6,8-10,14-15,19,24H,5,7,11-12H2,(H,36,40)(H,37,41)/t24-,28?/m1/s1. The summed E-state index contributed by atoms with van der Waals surface area (Å²) in [5.74, 6) is -7.58. The lowest BCUT2D eigenvalue weighted by Gasteiger charge is -2.43. The summed E-state index contributed by atoms with van der Waals surface area (Å²) in [4.78, 5) is 50.9. The fraction of sp³-hybridized carbons (Fsp3) is 0.286. The van der Waals surface area contributed by atoms with E-state index in [1.54, 1.807) is 12.1 Å². The normalized spacial score (nSPS) is 20.6. The highest BCUT2D eigenvalue weighted by Crippen LogP contribution is 2.47. The van der Waals surface area contributed by atoms with Gasteiger partial charge in [-0.2, -0.15) is 5.26 Å². The first-order valence-electron chi connectivity index (χ1n) is 12.6. The average Bonchev–Trinajstić information content (AvgIpc) is 3.26. The van der Waals surface area contributed by atoms with Gasteiger partial charge in [-0.15, -0.1) is 0 Å². The van der Waals surface area contributed by atoms with E-state index in [1.807, 2.05) is 6.07 Å². The van der Waals surface area contributed by atoms with Crippen LogP contribution in [0.2, 0.25) is 5.02 Å². The minimum absolute atomic E-state index is 0.0515. The maximum atomic E-state index is 14.3. The molecular weight excluding hydrogens is 561 g/mol. The van der Waals surface area contributed by atoms with Gasteiger partial charge in [-0.25, -0.2) is 18.2 Å². The van der Waals surface area contributed by atoms with E-state index in [0.29, 0.717) is 0 Å². The van der Waals surface area contributed by atoms with Gasteiger partial charge >= 0.3 is 0 Å². The van der Waals surface area contributed by atoms with E-state index in [-0.39, 0.29) is 40.5 Å². The highest BCUT2D eigenvalue weighted by molar-refractivity contribution is 6.32. The van der Waals surface area contributed by atoms with Crippen molar-refractivity contribution in [2.45, 2.75) is 49.1 Å². The van der Waals surface area contributed by atoms with Gasteiger partial charge in [0, 0.05) is 42.6 Å². The van der Waals surface area contributed by atoms with Gasteiger partial charge in [0.25, 0.3) is 11.8 Å². The second-order valence-corrected chi connectivity index (χ2v) is 10.3. The summed E-state index contributed by atoms with van der Waals surface area (Å²) in [6.45, 7) is 0. The maximum Gasteiger partial charge on any atom is 0.252 e. The Morgan fingerprint density at radius 2 is 1.93 bits per heavy atom. The van der Waals surface area contributed by atoms with E-state index in [4.69, 9.17) is 11.6 Å². The van der Waals surface area contributed by atoms with Crippen molar-refractivity contribution in [1.82, 2.24) is 15.3 Å². The third kappa shape index (κ3) is 5.32. The first-order valence-corrected chi connectivity index (χ1v) is 13.0. The number of hydrogen-bond acceptors (Lipinski definition) is 6. The van der Waals surface area contributed by atoms with Gasteiger partial charge in [0.2, 0.25) is 11.8 Å². The van der Waals surface area contributed by atoms with Crippen LogP contribution in [0.4, 0.5) is 24.7 Å². The van der Waals surface area contributed by atoms with Gasteiger partial charge in [-0.05, 0) is 30.2 Å². The smallest absolute Gasteiger partial charge is 0.252 e. The van der Waals surface area contributed by atoms with Crippen LogP contribution in [0.15, 0.2) is 61.1 Å². The summed E-state index contributed by atoms with van der Waals surface area (Å²) in [7, 11) is 0. The van der Waals surface area contributed by atoms with Crippen molar-refractivity contribution in [2.24, 2.45) is 0 Å². The molecule has 0 spiro atoms. The average molecular weight is 583 g/mol. The van der Waals surface area contributed by atoms with Crippen LogP contribution >= 0.6 is 11.6 Å². The molecule has 2 N–H and O–H groups in total. The molecule has 2 fully saturated rings. The number of carbonyl (C=O) groups excluding carboxylic acids is 3. The second kappa shape index (κ2) is 10.8. The van der Waals surface area contributed by atoms with Crippen molar-refractivity contribution >= 4 is 40.8 Å². The third-order valence-corrected chi connectivity index (χ3v) is 7.56. The third-order valence-electron chi connectivity index (χ3n) is 7.22. The lowest BCUT2D eigenvalue weighted by Crippen LogP contribution is -2.63. The zero-order valence-corrected chi connectivity index (χ0v) is 22.0. The Balaban J connectivity index is 1.69. The highest BCUT2D eigenvalue weighted by Gasteiger charge is 2.61. The van der Waals surface area contributed by atoms with Crippen molar-refractivity contribution in [2.75, 3.05) is 10.2 Å². The van der Waals surface area contributed by atoms with Crippen LogP contribution in [0, 0.1) is 17.1 Å². The molecule has 13 heteroatoms. The summed E-state index contributed by atoms with van der Waals surface area (Å²) in [5, 5.41) is 14.7. The molecular formula is C28H22ClF3N6O3. The molecule has 1 aromatic carbocycles. The van der Waals surface area contributed by atoms with Crippen LogP contribution in [-0.2, 0) is 14.4 Å². The lowest BCUT2D eigenvalue weighted by atomic mass is 9.74. The van der Waals surface area contributed by atoms with Crippen LogP contribution in [0.3, 0.4) is 0 Å². The molecule has 0 bridgehead atoms. The van der Waals surface area contributed by atoms with Gasteiger partial charge < -0.3 is 10.6 Å². The molecule has 2 aliphatic rings.